The van der Waals surface area contributed by atoms with Crippen LogP contribution < -0.4 is 5.73 Å². The van der Waals surface area contributed by atoms with Gasteiger partial charge in [-0.1, -0.05) is 12.1 Å². The maximum absolute atomic E-state index is 12.4. The molecule has 0 atom stereocenters. The Morgan fingerprint density at radius 2 is 1.85 bits per heavy atom. The van der Waals surface area contributed by atoms with Crippen LogP contribution in [0.4, 0.5) is 5.69 Å². The summed E-state index contributed by atoms with van der Waals surface area (Å²) >= 11 is 0. The number of carbonyl (C=O) groups is 1. The molecule has 0 spiro atoms. The Balaban J connectivity index is 2.11. The van der Waals surface area contributed by atoms with Gasteiger partial charge in [-0.3, -0.25) is 4.79 Å². The number of rotatable bonds is 2. The van der Waals surface area contributed by atoms with Crippen LogP contribution in [0, 0.1) is 0 Å². The highest BCUT2D eigenvalue weighted by Gasteiger charge is 2.25. The van der Waals surface area contributed by atoms with Gasteiger partial charge in [0, 0.05) is 31.9 Å². The molecular weight excluding hydrogens is 278 g/mol. The van der Waals surface area contributed by atoms with Gasteiger partial charge in [-0.2, -0.15) is 0 Å². The minimum absolute atomic E-state index is 0.140. The molecule has 2 N–H and O–H groups in total. The van der Waals surface area contributed by atoms with Crippen LogP contribution >= 0.6 is 0 Å². The van der Waals surface area contributed by atoms with E-state index in [1.54, 1.807) is 29.2 Å². The summed E-state index contributed by atoms with van der Waals surface area (Å²) in [5, 5.41) is 0. The predicted octanol–water partition coefficient (Wildman–Crippen LogP) is 0.376. The third-order valence-corrected chi connectivity index (χ3v) is 4.71. The molecule has 0 aromatic heterocycles. The van der Waals surface area contributed by atoms with Crippen molar-refractivity contribution in [3.8, 4) is 0 Å². The average Bonchev–Trinajstić information content (AvgIpc) is 2.63. The van der Waals surface area contributed by atoms with E-state index in [4.69, 9.17) is 5.73 Å². The normalized spacial score (nSPS) is 17.8. The fraction of sp³-hybridized carbons (Fsp3) is 0.462. The maximum atomic E-state index is 12.4. The number of amides is 1. The number of anilines is 1. The van der Waals surface area contributed by atoms with E-state index in [9.17, 15) is 13.2 Å². The minimum atomic E-state index is -3.20. The van der Waals surface area contributed by atoms with Gasteiger partial charge in [0.25, 0.3) is 5.91 Å². The molecule has 110 valence electrons. The molecule has 1 aliphatic rings. The number of sulfonamides is 1. The molecule has 2 rings (SSSR count). The molecule has 1 fully saturated rings. The fourth-order valence-electron chi connectivity index (χ4n) is 2.29. The molecule has 7 heteroatoms. The van der Waals surface area contributed by atoms with E-state index >= 15 is 0 Å². The Labute approximate surface area is 119 Å². The average molecular weight is 297 g/mol. The highest BCUT2D eigenvalue weighted by molar-refractivity contribution is 7.88. The molecule has 1 amide bonds. The number of hydrogen-bond donors (Lipinski definition) is 1. The highest BCUT2D eigenvalue weighted by atomic mass is 32.2. The van der Waals surface area contributed by atoms with Gasteiger partial charge >= 0.3 is 0 Å². The van der Waals surface area contributed by atoms with Crippen LogP contribution in [0.3, 0.4) is 0 Å². The van der Waals surface area contributed by atoms with Crippen molar-refractivity contribution >= 4 is 21.6 Å². The smallest absolute Gasteiger partial charge is 0.255 e. The van der Waals surface area contributed by atoms with Crippen LogP contribution in [-0.4, -0.2) is 56.0 Å². The molecule has 1 aromatic rings. The zero-order valence-electron chi connectivity index (χ0n) is 11.4. The third kappa shape index (κ3) is 3.29. The van der Waals surface area contributed by atoms with Crippen LogP contribution in [0.1, 0.15) is 16.8 Å². The van der Waals surface area contributed by atoms with Gasteiger partial charge in [0.15, 0.2) is 0 Å². The van der Waals surface area contributed by atoms with E-state index < -0.39 is 10.0 Å². The monoisotopic (exact) mass is 297 g/mol. The molecule has 0 radical (unpaired) electrons. The van der Waals surface area contributed by atoms with E-state index in [1.165, 1.54) is 10.6 Å². The molecular formula is C13H19N3O3S. The molecule has 1 aromatic carbocycles. The van der Waals surface area contributed by atoms with E-state index in [2.05, 4.69) is 0 Å². The lowest BCUT2D eigenvalue weighted by molar-refractivity contribution is 0.0765. The van der Waals surface area contributed by atoms with E-state index in [0.29, 0.717) is 43.9 Å². The Kier molecular flexibility index (Phi) is 4.29. The van der Waals surface area contributed by atoms with Crippen molar-refractivity contribution in [1.29, 1.82) is 0 Å². The summed E-state index contributed by atoms with van der Waals surface area (Å²) in [6.07, 6.45) is 1.82. The fourth-order valence-corrected chi connectivity index (χ4v) is 3.16. The summed E-state index contributed by atoms with van der Waals surface area (Å²) in [5.74, 6) is -0.140. The van der Waals surface area contributed by atoms with Gasteiger partial charge in [-0.15, -0.1) is 0 Å². The van der Waals surface area contributed by atoms with Crippen LogP contribution in [0.2, 0.25) is 0 Å². The second kappa shape index (κ2) is 5.80. The largest absolute Gasteiger partial charge is 0.398 e. The van der Waals surface area contributed by atoms with E-state index in [-0.39, 0.29) is 5.91 Å². The number of hydrogen-bond acceptors (Lipinski definition) is 4. The van der Waals surface area contributed by atoms with Crippen molar-refractivity contribution in [3.63, 3.8) is 0 Å². The standard InChI is InChI=1S/C13H19N3O3S/c1-20(18,19)16-8-4-7-15(9-10-16)13(17)11-5-2-3-6-12(11)14/h2-3,5-6H,4,7-10,14H2,1H3. The van der Waals surface area contributed by atoms with Gasteiger partial charge in [-0.05, 0) is 18.6 Å². The summed E-state index contributed by atoms with van der Waals surface area (Å²) in [5.41, 5.74) is 6.73. The summed E-state index contributed by atoms with van der Waals surface area (Å²) in [4.78, 5) is 14.1. The summed E-state index contributed by atoms with van der Waals surface area (Å²) in [7, 11) is -3.20. The van der Waals surface area contributed by atoms with Gasteiger partial charge in [0.1, 0.15) is 0 Å². The molecule has 1 heterocycles. The summed E-state index contributed by atoms with van der Waals surface area (Å²) in [6, 6.07) is 6.93. The minimum Gasteiger partial charge on any atom is -0.398 e. The van der Waals surface area contributed by atoms with Crippen molar-refractivity contribution in [2.75, 3.05) is 38.2 Å². The number of para-hydroxylation sites is 1. The van der Waals surface area contributed by atoms with Crippen LogP contribution in [0.25, 0.3) is 0 Å². The van der Waals surface area contributed by atoms with Gasteiger partial charge in [0.05, 0.1) is 11.8 Å². The zero-order valence-corrected chi connectivity index (χ0v) is 12.3. The molecule has 0 bridgehead atoms. The van der Waals surface area contributed by atoms with Gasteiger partial charge < -0.3 is 10.6 Å². The lowest BCUT2D eigenvalue weighted by Gasteiger charge is -2.21. The Hall–Kier alpha value is -1.60. The highest BCUT2D eigenvalue weighted by Crippen LogP contribution is 2.15. The predicted molar refractivity (Wildman–Crippen MR) is 77.8 cm³/mol. The lowest BCUT2D eigenvalue weighted by atomic mass is 10.1. The molecule has 0 saturated carbocycles. The molecule has 20 heavy (non-hydrogen) atoms. The SMILES string of the molecule is CS(=O)(=O)N1CCCN(C(=O)c2ccccc2N)CC1. The Morgan fingerprint density at radius 1 is 1.15 bits per heavy atom. The first-order valence-electron chi connectivity index (χ1n) is 6.48. The second-order valence-electron chi connectivity index (χ2n) is 4.90. The van der Waals surface area contributed by atoms with Gasteiger partial charge in [0.2, 0.25) is 10.0 Å². The van der Waals surface area contributed by atoms with Crippen molar-refractivity contribution < 1.29 is 13.2 Å². The van der Waals surface area contributed by atoms with Crippen molar-refractivity contribution in [2.24, 2.45) is 0 Å². The molecule has 0 unspecified atom stereocenters. The molecule has 0 aliphatic carbocycles. The van der Waals surface area contributed by atoms with Gasteiger partial charge in [-0.25, -0.2) is 12.7 Å². The Bertz CT molecular complexity index is 601. The van der Waals surface area contributed by atoms with E-state index in [0.717, 1.165) is 0 Å². The first kappa shape index (κ1) is 14.8. The molecule has 1 aliphatic heterocycles. The summed E-state index contributed by atoms with van der Waals surface area (Å²) in [6.45, 7) is 1.71. The quantitative estimate of drug-likeness (QED) is 0.800. The van der Waals surface area contributed by atoms with Crippen LogP contribution in [0.5, 0.6) is 0 Å². The Morgan fingerprint density at radius 3 is 2.50 bits per heavy atom. The first-order chi connectivity index (χ1) is 9.39. The van der Waals surface area contributed by atoms with Crippen LogP contribution in [0.15, 0.2) is 24.3 Å². The van der Waals surface area contributed by atoms with Crippen molar-refractivity contribution in [2.45, 2.75) is 6.42 Å². The number of nitrogens with zero attached hydrogens (tertiary/aromatic N) is 2. The number of nitrogen functional groups attached to an aromatic ring is 1. The third-order valence-electron chi connectivity index (χ3n) is 3.40. The molecule has 6 nitrogen and oxygen atoms in total. The number of nitrogens with two attached hydrogens (primary N) is 1. The summed E-state index contributed by atoms with van der Waals surface area (Å²) < 4.78 is 24.5. The topological polar surface area (TPSA) is 83.7 Å². The van der Waals surface area contributed by atoms with Crippen molar-refractivity contribution in [3.05, 3.63) is 29.8 Å². The maximum Gasteiger partial charge on any atom is 0.255 e. The van der Waals surface area contributed by atoms with Crippen molar-refractivity contribution in [1.82, 2.24) is 9.21 Å². The first-order valence-corrected chi connectivity index (χ1v) is 8.33. The lowest BCUT2D eigenvalue weighted by Crippen LogP contribution is -2.37. The number of benzene rings is 1. The van der Waals surface area contributed by atoms with E-state index in [1.807, 2.05) is 0 Å². The number of carbonyl (C=O) groups excluding carboxylic acids is 1. The second-order valence-corrected chi connectivity index (χ2v) is 6.88. The molecule has 1 saturated heterocycles. The zero-order chi connectivity index (χ0) is 14.8. The van der Waals surface area contributed by atoms with Crippen LogP contribution in [-0.2, 0) is 10.0 Å².